The maximum absolute atomic E-state index is 15.0. The first kappa shape index (κ1) is 27.0. The molecule has 4 rings (SSSR count). The Morgan fingerprint density at radius 3 is 2.58 bits per heavy atom. The lowest BCUT2D eigenvalue weighted by Gasteiger charge is -2.32. The fraction of sp³-hybridized carbons (Fsp3) is 0.269. The summed E-state index contributed by atoms with van der Waals surface area (Å²) in [6, 6.07) is 11.1. The van der Waals surface area contributed by atoms with E-state index in [1.54, 1.807) is 30.1 Å². The zero-order chi connectivity index (χ0) is 27.4. The van der Waals surface area contributed by atoms with Gasteiger partial charge < -0.3 is 16.4 Å². The number of sulfone groups is 1. The summed E-state index contributed by atoms with van der Waals surface area (Å²) in [4.78, 5) is 18.4. The molecule has 2 heterocycles. The van der Waals surface area contributed by atoms with Crippen LogP contribution in [0.3, 0.4) is 0 Å². The molecule has 1 saturated heterocycles. The van der Waals surface area contributed by atoms with E-state index >= 15 is 4.39 Å². The van der Waals surface area contributed by atoms with Gasteiger partial charge in [-0.25, -0.2) is 27.6 Å². The van der Waals surface area contributed by atoms with Crippen molar-refractivity contribution in [1.29, 1.82) is 0 Å². The van der Waals surface area contributed by atoms with Gasteiger partial charge in [0.15, 0.2) is 15.7 Å². The van der Waals surface area contributed by atoms with Crippen molar-refractivity contribution >= 4 is 45.0 Å². The number of rotatable bonds is 6. The van der Waals surface area contributed by atoms with Gasteiger partial charge in [0, 0.05) is 31.0 Å². The highest BCUT2D eigenvalue weighted by Crippen LogP contribution is 2.28. The van der Waals surface area contributed by atoms with Crippen LogP contribution in [0.25, 0.3) is 5.57 Å². The van der Waals surface area contributed by atoms with Gasteiger partial charge >= 0.3 is 6.03 Å². The molecule has 2 amide bonds. The number of carbonyl (C=O) groups excluding carboxylic acids is 1. The summed E-state index contributed by atoms with van der Waals surface area (Å²) in [5, 5.41) is 11.1. The maximum atomic E-state index is 15.0. The van der Waals surface area contributed by atoms with E-state index in [9.17, 15) is 13.2 Å². The number of carbonyl (C=O) groups is 1. The molecule has 2 aliphatic heterocycles. The SMILES string of the molecule is C=C(CN1CCS(=O)(=O)CC1)N1N=CN=C(N)/C1=C(/C)c1ccc(NC(=O)Nc2cccc(C)c2)c(F)c1. The minimum Gasteiger partial charge on any atom is -0.382 e. The van der Waals surface area contributed by atoms with Crippen molar-refractivity contribution in [2.75, 3.05) is 41.8 Å². The Morgan fingerprint density at radius 2 is 1.89 bits per heavy atom. The number of hydrogen-bond donors (Lipinski definition) is 3. The minimum absolute atomic E-state index is 0.0151. The number of aryl methyl sites for hydroxylation is 1. The molecule has 0 spiro atoms. The number of amidine groups is 1. The van der Waals surface area contributed by atoms with Crippen LogP contribution in [0.15, 0.2) is 70.5 Å². The zero-order valence-corrected chi connectivity index (χ0v) is 22.1. The Morgan fingerprint density at radius 1 is 1.16 bits per heavy atom. The smallest absolute Gasteiger partial charge is 0.323 e. The number of nitrogens with one attached hydrogen (secondary N) is 2. The third-order valence-corrected chi connectivity index (χ3v) is 7.85. The zero-order valence-electron chi connectivity index (χ0n) is 21.2. The van der Waals surface area contributed by atoms with Crippen molar-refractivity contribution in [3.63, 3.8) is 0 Å². The molecule has 0 bridgehead atoms. The maximum Gasteiger partial charge on any atom is 0.323 e. The van der Waals surface area contributed by atoms with Crippen molar-refractivity contribution < 1.29 is 17.6 Å². The third kappa shape index (κ3) is 6.45. The molecule has 0 aromatic heterocycles. The van der Waals surface area contributed by atoms with Crippen LogP contribution in [-0.4, -0.2) is 67.7 Å². The van der Waals surface area contributed by atoms with E-state index in [0.29, 0.717) is 47.9 Å². The van der Waals surface area contributed by atoms with E-state index in [4.69, 9.17) is 5.73 Å². The van der Waals surface area contributed by atoms with Gasteiger partial charge in [0.2, 0.25) is 0 Å². The lowest BCUT2D eigenvalue weighted by Crippen LogP contribution is -2.43. The topological polar surface area (TPSA) is 132 Å². The summed E-state index contributed by atoms with van der Waals surface area (Å²) in [7, 11) is -3.01. The first-order chi connectivity index (χ1) is 18.0. The molecule has 2 aliphatic rings. The fourth-order valence-corrected chi connectivity index (χ4v) is 5.46. The van der Waals surface area contributed by atoms with E-state index in [-0.39, 0.29) is 23.0 Å². The molecule has 200 valence electrons. The molecule has 0 aliphatic carbocycles. The lowest BCUT2D eigenvalue weighted by molar-refractivity contribution is 0.262. The Kier molecular flexibility index (Phi) is 7.93. The number of hydrogen-bond acceptors (Lipinski definition) is 8. The first-order valence-electron chi connectivity index (χ1n) is 11.9. The van der Waals surface area contributed by atoms with Gasteiger partial charge in [0.25, 0.3) is 0 Å². The molecule has 10 nitrogen and oxygen atoms in total. The van der Waals surface area contributed by atoms with Crippen molar-refractivity contribution in [2.24, 2.45) is 15.8 Å². The molecular formula is C26H30FN7O3S. The van der Waals surface area contributed by atoms with Crippen LogP contribution < -0.4 is 16.4 Å². The molecular weight excluding hydrogens is 509 g/mol. The van der Waals surface area contributed by atoms with Gasteiger partial charge in [-0.3, -0.25) is 4.90 Å². The average molecular weight is 540 g/mol. The monoisotopic (exact) mass is 539 g/mol. The summed E-state index contributed by atoms with van der Waals surface area (Å²) >= 11 is 0. The third-order valence-electron chi connectivity index (χ3n) is 6.24. The molecule has 0 unspecified atom stereocenters. The predicted molar refractivity (Wildman–Crippen MR) is 149 cm³/mol. The Bertz CT molecular complexity index is 1450. The van der Waals surface area contributed by atoms with E-state index in [2.05, 4.69) is 27.3 Å². The number of amides is 2. The summed E-state index contributed by atoms with van der Waals surface area (Å²) in [5.41, 5.74) is 9.92. The molecule has 1 fully saturated rings. The van der Waals surface area contributed by atoms with Crippen LogP contribution in [0, 0.1) is 12.7 Å². The Labute approximate surface area is 221 Å². The molecule has 2 aromatic rings. The van der Waals surface area contributed by atoms with Gasteiger partial charge in [0.1, 0.15) is 17.9 Å². The van der Waals surface area contributed by atoms with E-state index in [1.807, 2.05) is 24.0 Å². The fourth-order valence-electron chi connectivity index (χ4n) is 4.19. The summed E-state index contributed by atoms with van der Waals surface area (Å²) in [5.74, 6) is -0.258. The second-order valence-electron chi connectivity index (χ2n) is 9.17. The summed E-state index contributed by atoms with van der Waals surface area (Å²) in [6.07, 6.45) is 1.30. The van der Waals surface area contributed by atoms with E-state index < -0.39 is 21.7 Å². The molecule has 0 radical (unpaired) electrons. The Balaban J connectivity index is 1.50. The van der Waals surface area contributed by atoms with Crippen LogP contribution in [0.5, 0.6) is 0 Å². The van der Waals surface area contributed by atoms with Crippen molar-refractivity contribution in [3.8, 4) is 0 Å². The van der Waals surface area contributed by atoms with Gasteiger partial charge in [-0.15, -0.1) is 0 Å². The number of hydrazone groups is 1. The van der Waals surface area contributed by atoms with E-state index in [1.165, 1.54) is 18.5 Å². The highest BCUT2D eigenvalue weighted by molar-refractivity contribution is 7.91. The number of urea groups is 1. The number of nitrogens with two attached hydrogens (primary N) is 1. The number of nitrogens with zero attached hydrogens (tertiary/aromatic N) is 4. The summed E-state index contributed by atoms with van der Waals surface area (Å²) in [6.45, 7) is 8.97. The highest BCUT2D eigenvalue weighted by Gasteiger charge is 2.26. The van der Waals surface area contributed by atoms with Gasteiger partial charge in [0.05, 0.1) is 17.2 Å². The van der Waals surface area contributed by atoms with Crippen molar-refractivity contribution in [3.05, 3.63) is 77.4 Å². The largest absolute Gasteiger partial charge is 0.382 e. The number of allylic oxidation sites excluding steroid dienone is 1. The predicted octanol–water partition coefficient (Wildman–Crippen LogP) is 3.37. The lowest BCUT2D eigenvalue weighted by atomic mass is 10.0. The molecule has 38 heavy (non-hydrogen) atoms. The molecule has 0 saturated carbocycles. The van der Waals surface area contributed by atoms with Crippen LogP contribution in [-0.2, 0) is 9.84 Å². The average Bonchev–Trinajstić information content (AvgIpc) is 2.86. The number of anilines is 2. The second-order valence-corrected chi connectivity index (χ2v) is 11.5. The van der Waals surface area contributed by atoms with Crippen LogP contribution in [0.1, 0.15) is 18.1 Å². The van der Waals surface area contributed by atoms with Crippen LogP contribution in [0.4, 0.5) is 20.6 Å². The van der Waals surface area contributed by atoms with Crippen LogP contribution in [0.2, 0.25) is 0 Å². The molecule has 12 heteroatoms. The molecule has 0 atom stereocenters. The normalized spacial score (nSPS) is 18.5. The highest BCUT2D eigenvalue weighted by atomic mass is 32.2. The van der Waals surface area contributed by atoms with Gasteiger partial charge in [-0.2, -0.15) is 5.10 Å². The van der Waals surface area contributed by atoms with Crippen molar-refractivity contribution in [2.45, 2.75) is 13.8 Å². The quantitative estimate of drug-likeness (QED) is 0.516. The number of halogens is 1. The first-order valence-corrected chi connectivity index (χ1v) is 13.8. The minimum atomic E-state index is -3.01. The van der Waals surface area contributed by atoms with Crippen LogP contribution >= 0.6 is 0 Å². The van der Waals surface area contributed by atoms with E-state index in [0.717, 1.165) is 5.56 Å². The van der Waals surface area contributed by atoms with Crippen molar-refractivity contribution in [1.82, 2.24) is 9.91 Å². The second kappa shape index (κ2) is 11.2. The molecule has 4 N–H and O–H groups in total. The van der Waals surface area contributed by atoms with Gasteiger partial charge in [-0.05, 0) is 54.8 Å². The summed E-state index contributed by atoms with van der Waals surface area (Å²) < 4.78 is 38.5. The number of aliphatic imine (C=N–C) groups is 1. The molecule has 2 aromatic carbocycles. The van der Waals surface area contributed by atoms with Gasteiger partial charge in [-0.1, -0.05) is 24.8 Å². The standard InChI is InChI=1S/C26H30FN7O3S/c1-17-5-4-6-21(13-17)31-26(35)32-23-8-7-20(14-22(23)27)19(3)24-25(28)29-16-30-34(24)18(2)15-33-9-11-38(36,37)12-10-33/h4-8,13-14,16H,2,9-12,15H2,1,3H3,(H2,28,29,30)(H2,31,32,35)/b24-19+. The Hall–Kier alpha value is -4.03. The number of benzene rings is 2.